The van der Waals surface area contributed by atoms with Crippen LogP contribution in [0.1, 0.15) is 68.9 Å². The number of fused-ring (bicyclic) bond motifs is 2. The normalized spacial score (nSPS) is 23.6. The number of carbonyl (C=O) groups excluding carboxylic acids is 4. The zero-order valence-corrected chi connectivity index (χ0v) is 24.5. The molecule has 0 spiro atoms. The van der Waals surface area contributed by atoms with Gasteiger partial charge in [0.25, 0.3) is 0 Å². The molecule has 2 aromatic carbocycles. The molecule has 1 saturated heterocycles. The molecule has 10 heteroatoms. The number of hydrogen-bond donors (Lipinski definition) is 3. The van der Waals surface area contributed by atoms with Crippen molar-refractivity contribution in [1.29, 1.82) is 0 Å². The van der Waals surface area contributed by atoms with E-state index in [9.17, 15) is 23.6 Å². The number of likely N-dealkylation sites (tertiary alicyclic amines) is 1. The van der Waals surface area contributed by atoms with Gasteiger partial charge in [0.05, 0.1) is 13.0 Å². The predicted octanol–water partition coefficient (Wildman–Crippen LogP) is 3.40. The molecule has 0 aromatic heterocycles. The molecular weight excluding hydrogens is 551 g/mol. The van der Waals surface area contributed by atoms with Crippen LogP contribution in [0.15, 0.2) is 48.5 Å². The molecule has 2 bridgehead atoms. The number of halogens is 1. The van der Waals surface area contributed by atoms with Gasteiger partial charge in [0, 0.05) is 31.1 Å². The lowest BCUT2D eigenvalue weighted by atomic mass is 10.0. The molecule has 43 heavy (non-hydrogen) atoms. The first-order valence-electron chi connectivity index (χ1n) is 15.5. The molecule has 2 fully saturated rings. The molecular formula is C33H41FN4O5. The largest absolute Gasteiger partial charge is 0.494 e. The first-order chi connectivity index (χ1) is 20.9. The number of rotatable bonds is 6. The fourth-order valence-electron chi connectivity index (χ4n) is 6.02. The summed E-state index contributed by atoms with van der Waals surface area (Å²) in [6, 6.07) is 11.9. The van der Waals surface area contributed by atoms with E-state index in [0.717, 1.165) is 31.2 Å². The first-order valence-corrected chi connectivity index (χ1v) is 15.5. The minimum Gasteiger partial charge on any atom is -0.494 e. The van der Waals surface area contributed by atoms with Crippen LogP contribution in [0.2, 0.25) is 0 Å². The van der Waals surface area contributed by atoms with Gasteiger partial charge in [-0.3, -0.25) is 19.2 Å². The Bertz CT molecular complexity index is 1320. The highest BCUT2D eigenvalue weighted by Crippen LogP contribution is 2.40. The van der Waals surface area contributed by atoms with Gasteiger partial charge in [0.1, 0.15) is 23.7 Å². The molecule has 1 saturated carbocycles. The second-order valence-corrected chi connectivity index (χ2v) is 11.8. The number of ether oxygens (including phenoxy) is 1. The fourth-order valence-corrected chi connectivity index (χ4v) is 6.02. The van der Waals surface area contributed by atoms with Crippen LogP contribution in [-0.2, 0) is 32.1 Å². The number of carbonyl (C=O) groups is 4. The van der Waals surface area contributed by atoms with E-state index >= 15 is 0 Å². The van der Waals surface area contributed by atoms with Crippen LogP contribution in [0.5, 0.6) is 5.75 Å². The zero-order valence-electron chi connectivity index (χ0n) is 24.5. The molecule has 9 nitrogen and oxygen atoms in total. The average Bonchev–Trinajstić information content (AvgIpc) is 3.73. The Morgan fingerprint density at radius 2 is 1.79 bits per heavy atom. The van der Waals surface area contributed by atoms with E-state index in [0.29, 0.717) is 56.1 Å². The summed E-state index contributed by atoms with van der Waals surface area (Å²) in [5, 5.41) is 8.32. The van der Waals surface area contributed by atoms with Crippen molar-refractivity contribution in [2.24, 2.45) is 5.92 Å². The van der Waals surface area contributed by atoms with Gasteiger partial charge in [-0.15, -0.1) is 0 Å². The van der Waals surface area contributed by atoms with Crippen molar-refractivity contribution in [2.75, 3.05) is 13.2 Å². The predicted molar refractivity (Wildman–Crippen MR) is 158 cm³/mol. The van der Waals surface area contributed by atoms with E-state index in [4.69, 9.17) is 4.74 Å². The van der Waals surface area contributed by atoms with E-state index in [1.807, 2.05) is 29.2 Å². The lowest BCUT2D eigenvalue weighted by Gasteiger charge is -2.28. The van der Waals surface area contributed by atoms with Crippen LogP contribution in [0.3, 0.4) is 0 Å². The van der Waals surface area contributed by atoms with Crippen molar-refractivity contribution in [3.05, 3.63) is 65.5 Å². The molecule has 230 valence electrons. The van der Waals surface area contributed by atoms with Gasteiger partial charge >= 0.3 is 0 Å². The maximum absolute atomic E-state index is 14.2. The number of aryl methyl sites for hydroxylation is 1. The fraction of sp³-hybridized carbons (Fsp3) is 0.515. The molecule has 0 radical (unpaired) electrons. The summed E-state index contributed by atoms with van der Waals surface area (Å²) in [5.74, 6) is -0.761. The summed E-state index contributed by atoms with van der Waals surface area (Å²) in [5.41, 5.74) is 1.27. The van der Waals surface area contributed by atoms with E-state index in [2.05, 4.69) is 16.0 Å². The average molecular weight is 593 g/mol. The second-order valence-electron chi connectivity index (χ2n) is 11.8. The smallest absolute Gasteiger partial charge is 0.243 e. The monoisotopic (exact) mass is 592 g/mol. The van der Waals surface area contributed by atoms with Gasteiger partial charge in [-0.1, -0.05) is 30.3 Å². The maximum Gasteiger partial charge on any atom is 0.243 e. The number of hydrogen-bond acceptors (Lipinski definition) is 5. The molecule has 2 aliphatic heterocycles. The highest BCUT2D eigenvalue weighted by atomic mass is 19.1. The van der Waals surface area contributed by atoms with Gasteiger partial charge < -0.3 is 25.6 Å². The van der Waals surface area contributed by atoms with Crippen LogP contribution in [0, 0.1) is 11.7 Å². The van der Waals surface area contributed by atoms with Crippen molar-refractivity contribution in [2.45, 2.75) is 88.9 Å². The number of nitrogens with zero attached hydrogens (tertiary/aromatic N) is 1. The summed E-state index contributed by atoms with van der Waals surface area (Å²) < 4.78 is 20.0. The van der Waals surface area contributed by atoms with Crippen molar-refractivity contribution in [1.82, 2.24) is 20.9 Å². The highest BCUT2D eigenvalue weighted by Gasteiger charge is 2.41. The van der Waals surface area contributed by atoms with E-state index in [-0.39, 0.29) is 37.2 Å². The molecule has 1 aliphatic carbocycles. The minimum atomic E-state index is -1.12. The van der Waals surface area contributed by atoms with Gasteiger partial charge in [0.2, 0.25) is 23.6 Å². The summed E-state index contributed by atoms with van der Waals surface area (Å²) in [7, 11) is 0. The van der Waals surface area contributed by atoms with Crippen molar-refractivity contribution in [3.63, 3.8) is 0 Å². The third kappa shape index (κ3) is 8.55. The van der Waals surface area contributed by atoms with Crippen molar-refractivity contribution >= 4 is 23.6 Å². The Morgan fingerprint density at radius 3 is 2.60 bits per heavy atom. The zero-order chi connectivity index (χ0) is 30.2. The van der Waals surface area contributed by atoms with E-state index in [1.54, 1.807) is 18.2 Å². The molecule has 1 unspecified atom stereocenters. The molecule has 2 heterocycles. The third-order valence-electron chi connectivity index (χ3n) is 8.56. The van der Waals surface area contributed by atoms with Gasteiger partial charge in [-0.05, 0) is 81.0 Å². The van der Waals surface area contributed by atoms with Crippen LogP contribution in [-0.4, -0.2) is 59.8 Å². The van der Waals surface area contributed by atoms with Crippen molar-refractivity contribution in [3.8, 4) is 5.75 Å². The van der Waals surface area contributed by atoms with Gasteiger partial charge in [-0.25, -0.2) is 4.39 Å². The Labute approximate surface area is 251 Å². The van der Waals surface area contributed by atoms with Crippen molar-refractivity contribution < 1.29 is 28.3 Å². The maximum atomic E-state index is 14.2. The van der Waals surface area contributed by atoms with Crippen LogP contribution >= 0.6 is 0 Å². The topological polar surface area (TPSA) is 117 Å². The number of benzene rings is 2. The Kier molecular flexibility index (Phi) is 10.3. The Balaban J connectivity index is 1.32. The number of amides is 4. The van der Waals surface area contributed by atoms with E-state index in [1.165, 1.54) is 6.07 Å². The lowest BCUT2D eigenvalue weighted by molar-refractivity contribution is -0.137. The quantitative estimate of drug-likeness (QED) is 0.476. The standard InChI is InChI=1S/C33H41FN4O5/c34-26-10-2-1-8-24(26)21-35-32(41)27-11-3-4-18-43-25-9-5-7-22(19-25)13-16-30(39)36-28(33(42)37-27)20-31(40)38-17-6-12-29(38)23-14-15-23/h1-2,5,7-10,19,23,27-29H,3-4,6,11-18,20-21H2,(H,35,41)(H,36,39)(H,37,42)/t27-,28-,29?/m0/s1. The Morgan fingerprint density at radius 1 is 0.953 bits per heavy atom. The third-order valence-corrected chi connectivity index (χ3v) is 8.56. The lowest BCUT2D eigenvalue weighted by Crippen LogP contribution is -2.55. The SMILES string of the molecule is O=C1CCc2cccc(c2)OCCCC[C@@H](C(=O)NCc2ccccc2F)NC(=O)[C@H](CC(=O)N2CCCC2C2CC2)N1. The molecule has 5 rings (SSSR count). The summed E-state index contributed by atoms with van der Waals surface area (Å²) in [4.78, 5) is 55.3. The molecule has 3 N–H and O–H groups in total. The van der Waals surface area contributed by atoms with Crippen LogP contribution in [0.25, 0.3) is 0 Å². The highest BCUT2D eigenvalue weighted by molar-refractivity contribution is 5.95. The molecule has 2 aromatic rings. The first kappa shape index (κ1) is 30.5. The minimum absolute atomic E-state index is 0.0342. The summed E-state index contributed by atoms with van der Waals surface area (Å²) >= 11 is 0. The van der Waals surface area contributed by atoms with E-state index < -0.39 is 29.7 Å². The van der Waals surface area contributed by atoms with Gasteiger partial charge in [0.15, 0.2) is 0 Å². The van der Waals surface area contributed by atoms with Crippen LogP contribution in [0.4, 0.5) is 4.39 Å². The second kappa shape index (κ2) is 14.5. The summed E-state index contributed by atoms with van der Waals surface area (Å²) in [6.07, 6.45) is 6.06. The number of nitrogens with one attached hydrogen (secondary N) is 3. The molecule has 4 amide bonds. The van der Waals surface area contributed by atoms with Gasteiger partial charge in [-0.2, -0.15) is 0 Å². The molecule has 3 atom stereocenters. The van der Waals surface area contributed by atoms with Crippen LogP contribution < -0.4 is 20.7 Å². The Hall–Kier alpha value is -3.95. The molecule has 3 aliphatic rings. The summed E-state index contributed by atoms with van der Waals surface area (Å²) in [6.45, 7) is 1.05.